The predicted octanol–water partition coefficient (Wildman–Crippen LogP) is 1.88. The van der Waals surface area contributed by atoms with Crippen LogP contribution in [-0.4, -0.2) is 18.5 Å². The van der Waals surface area contributed by atoms with Crippen LogP contribution in [0.1, 0.15) is 18.4 Å². The molecule has 82 valence electrons. The fourth-order valence-electron chi connectivity index (χ4n) is 1.65. The maximum absolute atomic E-state index is 11.4. The SMILES string of the molecule is O=C1NCCCC1NCc1csc(Br)c1. The highest BCUT2D eigenvalue weighted by Crippen LogP contribution is 2.20. The van der Waals surface area contributed by atoms with Crippen molar-refractivity contribution < 1.29 is 4.79 Å². The second-order valence-corrected chi connectivity index (χ2v) is 5.92. The van der Waals surface area contributed by atoms with E-state index >= 15 is 0 Å². The van der Waals surface area contributed by atoms with Gasteiger partial charge in [0.1, 0.15) is 0 Å². The number of carbonyl (C=O) groups is 1. The van der Waals surface area contributed by atoms with Gasteiger partial charge in [0.15, 0.2) is 0 Å². The molecule has 1 atom stereocenters. The van der Waals surface area contributed by atoms with Crippen LogP contribution >= 0.6 is 27.3 Å². The minimum Gasteiger partial charge on any atom is -0.355 e. The van der Waals surface area contributed by atoms with E-state index in [0.717, 1.165) is 29.7 Å². The lowest BCUT2D eigenvalue weighted by atomic mass is 10.1. The number of carbonyl (C=O) groups excluding carboxylic acids is 1. The standard InChI is InChI=1S/C10H13BrN2OS/c11-9-4-7(6-15-9)5-13-8-2-1-3-12-10(8)14/h4,6,8,13H,1-3,5H2,(H,12,14). The third kappa shape index (κ3) is 3.03. The lowest BCUT2D eigenvalue weighted by molar-refractivity contribution is -0.124. The third-order valence-electron chi connectivity index (χ3n) is 2.46. The molecule has 2 heterocycles. The van der Waals surface area contributed by atoms with Crippen molar-refractivity contribution in [2.45, 2.75) is 25.4 Å². The van der Waals surface area contributed by atoms with Gasteiger partial charge in [0.25, 0.3) is 0 Å². The summed E-state index contributed by atoms with van der Waals surface area (Å²) in [5, 5.41) is 8.24. The van der Waals surface area contributed by atoms with Crippen LogP contribution in [-0.2, 0) is 11.3 Å². The topological polar surface area (TPSA) is 41.1 Å². The molecule has 0 bridgehead atoms. The van der Waals surface area contributed by atoms with E-state index in [0.29, 0.717) is 0 Å². The number of piperidine rings is 1. The first kappa shape index (κ1) is 11.1. The maximum atomic E-state index is 11.4. The van der Waals surface area contributed by atoms with E-state index in [-0.39, 0.29) is 11.9 Å². The fourth-order valence-corrected chi connectivity index (χ4v) is 2.86. The number of rotatable bonds is 3. The predicted molar refractivity (Wildman–Crippen MR) is 64.9 cm³/mol. The van der Waals surface area contributed by atoms with Crippen LogP contribution in [0.5, 0.6) is 0 Å². The van der Waals surface area contributed by atoms with Gasteiger partial charge in [-0.2, -0.15) is 0 Å². The number of hydrogen-bond donors (Lipinski definition) is 2. The van der Waals surface area contributed by atoms with Crippen LogP contribution in [0.3, 0.4) is 0 Å². The minimum absolute atomic E-state index is 0.0163. The third-order valence-corrected chi connectivity index (χ3v) is 4.01. The second kappa shape index (κ2) is 5.09. The summed E-state index contributed by atoms with van der Waals surface area (Å²) in [6.07, 6.45) is 2.01. The Labute approximate surface area is 101 Å². The maximum Gasteiger partial charge on any atom is 0.237 e. The number of amides is 1. The summed E-state index contributed by atoms with van der Waals surface area (Å²) >= 11 is 5.09. The van der Waals surface area contributed by atoms with E-state index in [1.165, 1.54) is 5.56 Å². The zero-order valence-electron chi connectivity index (χ0n) is 8.25. The molecule has 15 heavy (non-hydrogen) atoms. The molecule has 0 spiro atoms. The van der Waals surface area contributed by atoms with Gasteiger partial charge in [0.2, 0.25) is 5.91 Å². The van der Waals surface area contributed by atoms with E-state index in [9.17, 15) is 4.79 Å². The van der Waals surface area contributed by atoms with E-state index < -0.39 is 0 Å². The molecule has 1 amide bonds. The molecule has 2 N–H and O–H groups in total. The zero-order valence-corrected chi connectivity index (χ0v) is 10.7. The summed E-state index contributed by atoms with van der Waals surface area (Å²) in [5.74, 6) is 0.135. The van der Waals surface area contributed by atoms with Gasteiger partial charge in [-0.15, -0.1) is 11.3 Å². The van der Waals surface area contributed by atoms with Crippen LogP contribution in [0, 0.1) is 0 Å². The second-order valence-electron chi connectivity index (χ2n) is 3.63. The monoisotopic (exact) mass is 288 g/mol. The normalized spacial score (nSPS) is 21.4. The molecule has 3 nitrogen and oxygen atoms in total. The molecular formula is C10H13BrN2OS. The van der Waals surface area contributed by atoms with E-state index in [1.54, 1.807) is 11.3 Å². The van der Waals surface area contributed by atoms with Gasteiger partial charge in [-0.05, 0) is 45.8 Å². The van der Waals surface area contributed by atoms with Gasteiger partial charge < -0.3 is 10.6 Å². The quantitative estimate of drug-likeness (QED) is 0.892. The Hall–Kier alpha value is -0.390. The molecule has 1 saturated heterocycles. The molecule has 1 aliphatic heterocycles. The molecule has 1 aromatic rings. The molecule has 5 heteroatoms. The van der Waals surface area contributed by atoms with Crippen molar-refractivity contribution in [2.24, 2.45) is 0 Å². The average molecular weight is 289 g/mol. The average Bonchev–Trinajstić information content (AvgIpc) is 2.63. The van der Waals surface area contributed by atoms with Gasteiger partial charge >= 0.3 is 0 Å². The van der Waals surface area contributed by atoms with Crippen molar-refractivity contribution in [3.8, 4) is 0 Å². The smallest absolute Gasteiger partial charge is 0.237 e. The first-order valence-corrected chi connectivity index (χ1v) is 6.67. The van der Waals surface area contributed by atoms with E-state index in [2.05, 4.69) is 38.0 Å². The summed E-state index contributed by atoms with van der Waals surface area (Å²) in [6, 6.07) is 2.07. The van der Waals surface area contributed by atoms with Crippen molar-refractivity contribution in [1.82, 2.24) is 10.6 Å². The molecule has 2 rings (SSSR count). The summed E-state index contributed by atoms with van der Waals surface area (Å²) < 4.78 is 1.13. The van der Waals surface area contributed by atoms with Gasteiger partial charge in [-0.1, -0.05) is 0 Å². The van der Waals surface area contributed by atoms with Crippen LogP contribution in [0.2, 0.25) is 0 Å². The summed E-state index contributed by atoms with van der Waals surface area (Å²) in [5.41, 5.74) is 1.23. The Bertz CT molecular complexity index is 353. The minimum atomic E-state index is -0.0163. The Morgan fingerprint density at radius 1 is 1.67 bits per heavy atom. The van der Waals surface area contributed by atoms with Crippen molar-refractivity contribution in [3.63, 3.8) is 0 Å². The number of halogens is 1. The number of hydrogen-bond acceptors (Lipinski definition) is 3. The highest BCUT2D eigenvalue weighted by Gasteiger charge is 2.20. The number of thiophene rings is 1. The summed E-state index contributed by atoms with van der Waals surface area (Å²) in [7, 11) is 0. The first-order valence-electron chi connectivity index (χ1n) is 5.00. The van der Waals surface area contributed by atoms with Gasteiger partial charge in [0, 0.05) is 13.1 Å². The molecule has 1 aliphatic rings. The Balaban J connectivity index is 1.84. The van der Waals surface area contributed by atoms with Crippen LogP contribution in [0.25, 0.3) is 0 Å². The Kier molecular flexibility index (Phi) is 3.77. The molecule has 1 aromatic heterocycles. The van der Waals surface area contributed by atoms with Gasteiger partial charge in [0.05, 0.1) is 9.83 Å². The van der Waals surface area contributed by atoms with Gasteiger partial charge in [-0.3, -0.25) is 4.79 Å². The van der Waals surface area contributed by atoms with Crippen molar-refractivity contribution >= 4 is 33.2 Å². The lowest BCUT2D eigenvalue weighted by Crippen LogP contribution is -2.47. The highest BCUT2D eigenvalue weighted by atomic mass is 79.9. The highest BCUT2D eigenvalue weighted by molar-refractivity contribution is 9.11. The summed E-state index contributed by atoms with van der Waals surface area (Å²) in [6.45, 7) is 1.58. The van der Waals surface area contributed by atoms with Gasteiger partial charge in [-0.25, -0.2) is 0 Å². The molecule has 0 saturated carbocycles. The molecule has 1 fully saturated rings. The van der Waals surface area contributed by atoms with Crippen molar-refractivity contribution in [3.05, 3.63) is 20.8 Å². The first-order chi connectivity index (χ1) is 7.25. The fraction of sp³-hybridized carbons (Fsp3) is 0.500. The van der Waals surface area contributed by atoms with E-state index in [1.807, 2.05) is 0 Å². The van der Waals surface area contributed by atoms with E-state index in [4.69, 9.17) is 0 Å². The molecule has 0 aromatic carbocycles. The van der Waals surface area contributed by atoms with Crippen LogP contribution in [0.4, 0.5) is 0 Å². The Morgan fingerprint density at radius 2 is 2.53 bits per heavy atom. The zero-order chi connectivity index (χ0) is 10.7. The van der Waals surface area contributed by atoms with Crippen LogP contribution in [0.15, 0.2) is 15.2 Å². The van der Waals surface area contributed by atoms with Crippen molar-refractivity contribution in [1.29, 1.82) is 0 Å². The molecular weight excluding hydrogens is 276 g/mol. The Morgan fingerprint density at radius 3 is 3.20 bits per heavy atom. The molecule has 0 aliphatic carbocycles. The summed E-state index contributed by atoms with van der Waals surface area (Å²) in [4.78, 5) is 11.4. The molecule has 1 unspecified atom stereocenters. The largest absolute Gasteiger partial charge is 0.355 e. The number of nitrogens with one attached hydrogen (secondary N) is 2. The van der Waals surface area contributed by atoms with Crippen LogP contribution < -0.4 is 10.6 Å². The lowest BCUT2D eigenvalue weighted by Gasteiger charge is -2.22. The molecule has 0 radical (unpaired) electrons. The van der Waals surface area contributed by atoms with Crippen molar-refractivity contribution in [2.75, 3.05) is 6.54 Å².